The van der Waals surface area contributed by atoms with Gasteiger partial charge in [-0.3, -0.25) is 0 Å². The van der Waals surface area contributed by atoms with Gasteiger partial charge in [0.25, 0.3) is 0 Å². The molecule has 0 aromatic heterocycles. The summed E-state index contributed by atoms with van der Waals surface area (Å²) < 4.78 is 33.6. The molecule has 1 aromatic carbocycles. The van der Waals surface area contributed by atoms with Crippen molar-refractivity contribution in [2.24, 2.45) is 5.92 Å². The normalized spacial score (nSPS) is 13.1. The molecule has 0 saturated heterocycles. The zero-order valence-electron chi connectivity index (χ0n) is 10.3. The van der Waals surface area contributed by atoms with Crippen LogP contribution in [0.5, 0.6) is 5.75 Å². The van der Waals surface area contributed by atoms with E-state index in [2.05, 4.69) is 18.6 Å². The minimum Gasteiger partial charge on any atom is -0.435 e. The molecule has 0 saturated carbocycles. The zero-order valence-corrected chi connectivity index (χ0v) is 10.3. The van der Waals surface area contributed by atoms with E-state index in [0.29, 0.717) is 5.92 Å². The molecule has 1 aromatic rings. The number of ether oxygens (including phenoxy) is 2. The predicted octanol–water partition coefficient (Wildman–Crippen LogP) is 4.02. The molecule has 1 rings (SSSR count). The monoisotopic (exact) mass is 244 g/mol. The SMILES string of the molecule is COC(CC(C)C)c1ccc(OC(F)F)cc1. The fourth-order valence-electron chi connectivity index (χ4n) is 1.66. The number of halogens is 2. The van der Waals surface area contributed by atoms with Gasteiger partial charge in [0.15, 0.2) is 0 Å². The molecule has 0 spiro atoms. The maximum absolute atomic E-state index is 12.0. The molecule has 17 heavy (non-hydrogen) atoms. The van der Waals surface area contributed by atoms with Gasteiger partial charge < -0.3 is 9.47 Å². The molecule has 0 aliphatic carbocycles. The summed E-state index contributed by atoms with van der Waals surface area (Å²) in [5, 5.41) is 0. The van der Waals surface area contributed by atoms with Crippen LogP contribution in [0.25, 0.3) is 0 Å². The fraction of sp³-hybridized carbons (Fsp3) is 0.538. The average Bonchev–Trinajstić information content (AvgIpc) is 2.26. The van der Waals surface area contributed by atoms with Crippen molar-refractivity contribution < 1.29 is 18.3 Å². The molecule has 0 fully saturated rings. The Morgan fingerprint density at radius 3 is 2.12 bits per heavy atom. The molecule has 0 bridgehead atoms. The largest absolute Gasteiger partial charge is 0.435 e. The quantitative estimate of drug-likeness (QED) is 0.752. The Kier molecular flexibility index (Phi) is 5.35. The van der Waals surface area contributed by atoms with Gasteiger partial charge in [-0.25, -0.2) is 0 Å². The van der Waals surface area contributed by atoms with Crippen molar-refractivity contribution >= 4 is 0 Å². The van der Waals surface area contributed by atoms with Gasteiger partial charge in [0, 0.05) is 7.11 Å². The Morgan fingerprint density at radius 1 is 1.12 bits per heavy atom. The summed E-state index contributed by atoms with van der Waals surface area (Å²) in [6, 6.07) is 6.59. The van der Waals surface area contributed by atoms with E-state index in [9.17, 15) is 8.78 Å². The highest BCUT2D eigenvalue weighted by molar-refractivity contribution is 5.28. The van der Waals surface area contributed by atoms with Gasteiger partial charge in [-0.05, 0) is 30.0 Å². The van der Waals surface area contributed by atoms with E-state index in [-0.39, 0.29) is 11.9 Å². The van der Waals surface area contributed by atoms with Crippen molar-refractivity contribution in [1.29, 1.82) is 0 Å². The third kappa shape index (κ3) is 4.69. The summed E-state index contributed by atoms with van der Waals surface area (Å²) >= 11 is 0. The minimum atomic E-state index is -2.78. The molecule has 96 valence electrons. The van der Waals surface area contributed by atoms with Crippen LogP contribution in [0.2, 0.25) is 0 Å². The summed E-state index contributed by atoms with van der Waals surface area (Å²) in [7, 11) is 1.65. The summed E-state index contributed by atoms with van der Waals surface area (Å²) in [6.45, 7) is 1.44. The molecule has 0 amide bonds. The maximum Gasteiger partial charge on any atom is 0.387 e. The van der Waals surface area contributed by atoms with Crippen LogP contribution < -0.4 is 4.74 Å². The fourth-order valence-corrected chi connectivity index (χ4v) is 1.66. The summed E-state index contributed by atoms with van der Waals surface area (Å²) in [6.07, 6.45) is 0.890. The van der Waals surface area contributed by atoms with Crippen LogP contribution >= 0.6 is 0 Å². The first-order chi connectivity index (χ1) is 8.02. The molecule has 1 unspecified atom stereocenters. The highest BCUT2D eigenvalue weighted by Crippen LogP contribution is 2.26. The van der Waals surface area contributed by atoms with Gasteiger partial charge in [-0.1, -0.05) is 26.0 Å². The van der Waals surface area contributed by atoms with Crippen molar-refractivity contribution in [3.8, 4) is 5.75 Å². The number of methoxy groups -OCH3 is 1. The van der Waals surface area contributed by atoms with Gasteiger partial charge in [-0.2, -0.15) is 8.78 Å². The van der Waals surface area contributed by atoms with Crippen LogP contribution in [0, 0.1) is 5.92 Å². The van der Waals surface area contributed by atoms with Gasteiger partial charge >= 0.3 is 6.61 Å². The van der Waals surface area contributed by atoms with Crippen LogP contribution in [-0.4, -0.2) is 13.7 Å². The molecule has 0 aliphatic heterocycles. The third-order valence-electron chi connectivity index (χ3n) is 2.45. The smallest absolute Gasteiger partial charge is 0.387 e. The van der Waals surface area contributed by atoms with Crippen molar-refractivity contribution in [2.75, 3.05) is 7.11 Å². The van der Waals surface area contributed by atoms with E-state index in [4.69, 9.17) is 4.74 Å². The first-order valence-electron chi connectivity index (χ1n) is 5.60. The van der Waals surface area contributed by atoms with Gasteiger partial charge in [0.1, 0.15) is 5.75 Å². The van der Waals surface area contributed by atoms with Crippen LogP contribution in [-0.2, 0) is 4.74 Å². The van der Waals surface area contributed by atoms with Crippen molar-refractivity contribution in [3.05, 3.63) is 29.8 Å². The molecular weight excluding hydrogens is 226 g/mol. The van der Waals surface area contributed by atoms with Crippen LogP contribution in [0.15, 0.2) is 24.3 Å². The van der Waals surface area contributed by atoms with Crippen LogP contribution in [0.1, 0.15) is 31.9 Å². The first kappa shape index (κ1) is 13.9. The third-order valence-corrected chi connectivity index (χ3v) is 2.45. The van der Waals surface area contributed by atoms with E-state index in [1.54, 1.807) is 19.2 Å². The number of alkyl halides is 2. The lowest BCUT2D eigenvalue weighted by atomic mass is 9.99. The molecule has 4 heteroatoms. The lowest BCUT2D eigenvalue weighted by molar-refractivity contribution is -0.0498. The Bertz CT molecular complexity index is 323. The first-order valence-corrected chi connectivity index (χ1v) is 5.60. The molecular formula is C13H18F2O2. The number of hydrogen-bond acceptors (Lipinski definition) is 2. The Morgan fingerprint density at radius 2 is 1.71 bits per heavy atom. The van der Waals surface area contributed by atoms with Gasteiger partial charge in [0.2, 0.25) is 0 Å². The van der Waals surface area contributed by atoms with Crippen LogP contribution in [0.3, 0.4) is 0 Å². The molecule has 2 nitrogen and oxygen atoms in total. The number of hydrogen-bond donors (Lipinski definition) is 0. The summed E-state index contributed by atoms with van der Waals surface area (Å²) in [4.78, 5) is 0. The van der Waals surface area contributed by atoms with E-state index >= 15 is 0 Å². The van der Waals surface area contributed by atoms with E-state index in [1.807, 2.05) is 0 Å². The Hall–Kier alpha value is -1.16. The number of rotatable bonds is 6. The molecule has 1 atom stereocenters. The van der Waals surface area contributed by atoms with Crippen molar-refractivity contribution in [3.63, 3.8) is 0 Å². The molecule has 0 heterocycles. The second-order valence-corrected chi connectivity index (χ2v) is 4.30. The lowest BCUT2D eigenvalue weighted by Gasteiger charge is -2.18. The number of benzene rings is 1. The Balaban J connectivity index is 2.70. The van der Waals surface area contributed by atoms with Crippen LogP contribution in [0.4, 0.5) is 8.78 Å². The second kappa shape index (κ2) is 6.55. The van der Waals surface area contributed by atoms with Crippen molar-refractivity contribution in [1.82, 2.24) is 0 Å². The maximum atomic E-state index is 12.0. The average molecular weight is 244 g/mol. The van der Waals surface area contributed by atoms with E-state index in [0.717, 1.165) is 12.0 Å². The Labute approximate surface area is 101 Å². The predicted molar refractivity (Wildman–Crippen MR) is 62.3 cm³/mol. The van der Waals surface area contributed by atoms with Crippen molar-refractivity contribution in [2.45, 2.75) is 33.0 Å². The second-order valence-electron chi connectivity index (χ2n) is 4.30. The highest BCUT2D eigenvalue weighted by atomic mass is 19.3. The standard InChI is InChI=1S/C13H18F2O2/c1-9(2)8-12(16-3)10-4-6-11(7-5-10)17-13(14)15/h4-7,9,12-13H,8H2,1-3H3. The molecule has 0 aliphatic rings. The summed E-state index contributed by atoms with van der Waals surface area (Å²) in [5.41, 5.74) is 0.975. The molecule has 0 N–H and O–H groups in total. The van der Waals surface area contributed by atoms with Gasteiger partial charge in [0.05, 0.1) is 6.10 Å². The van der Waals surface area contributed by atoms with E-state index in [1.165, 1.54) is 12.1 Å². The lowest BCUT2D eigenvalue weighted by Crippen LogP contribution is -2.06. The topological polar surface area (TPSA) is 18.5 Å². The minimum absolute atomic E-state index is 0.00407. The zero-order chi connectivity index (χ0) is 12.8. The highest BCUT2D eigenvalue weighted by Gasteiger charge is 2.13. The van der Waals surface area contributed by atoms with E-state index < -0.39 is 6.61 Å². The summed E-state index contributed by atoms with van der Waals surface area (Å²) in [5.74, 6) is 0.681. The molecule has 0 radical (unpaired) electrons. The van der Waals surface area contributed by atoms with Gasteiger partial charge in [-0.15, -0.1) is 0 Å².